The van der Waals surface area contributed by atoms with E-state index >= 15 is 0 Å². The van der Waals surface area contributed by atoms with Crippen molar-refractivity contribution in [1.29, 1.82) is 0 Å². The summed E-state index contributed by atoms with van der Waals surface area (Å²) in [5.74, 6) is -0.266. The van der Waals surface area contributed by atoms with Gasteiger partial charge in [0, 0.05) is 12.0 Å². The first kappa shape index (κ1) is 10.7. The predicted molar refractivity (Wildman–Crippen MR) is 49.8 cm³/mol. The maximum absolute atomic E-state index is 10.3. The van der Waals surface area contributed by atoms with Crippen LogP contribution in [0.1, 0.15) is 35.9 Å². The molecular formula is C9H14N2O3. The Bertz CT molecular complexity index is 333. The Kier molecular flexibility index (Phi) is 3.24. The average molecular weight is 198 g/mol. The van der Waals surface area contributed by atoms with Crippen molar-refractivity contribution in [3.05, 3.63) is 17.0 Å². The van der Waals surface area contributed by atoms with Crippen molar-refractivity contribution in [2.45, 2.75) is 32.7 Å². The molecule has 0 saturated carbocycles. The molecule has 0 amide bonds. The molecule has 0 aliphatic carbocycles. The number of aromatic nitrogens is 1. The van der Waals surface area contributed by atoms with Gasteiger partial charge in [-0.05, 0) is 20.3 Å². The van der Waals surface area contributed by atoms with Crippen LogP contribution in [0.25, 0.3) is 0 Å². The average Bonchev–Trinajstić information content (AvgIpc) is 2.44. The largest absolute Gasteiger partial charge is 0.481 e. The summed E-state index contributed by atoms with van der Waals surface area (Å²) in [6, 6.07) is -0.382. The lowest BCUT2D eigenvalue weighted by molar-refractivity contribution is -0.137. The highest BCUT2D eigenvalue weighted by atomic mass is 16.5. The minimum absolute atomic E-state index is 0.0420. The highest BCUT2D eigenvalue weighted by Gasteiger charge is 2.17. The molecule has 1 unspecified atom stereocenters. The van der Waals surface area contributed by atoms with Crippen LogP contribution in [0.15, 0.2) is 4.52 Å². The van der Waals surface area contributed by atoms with E-state index < -0.39 is 5.97 Å². The minimum atomic E-state index is -0.852. The van der Waals surface area contributed by atoms with Crippen LogP contribution in [0.4, 0.5) is 0 Å². The normalized spacial score (nSPS) is 12.8. The zero-order chi connectivity index (χ0) is 10.7. The standard InChI is InChI=1S/C9H14N2O3/c1-5-6(2)11-14-9(5)7(10)3-4-8(12)13/h7H,3-4,10H2,1-2H3,(H,12,13). The smallest absolute Gasteiger partial charge is 0.303 e. The number of hydrogen-bond acceptors (Lipinski definition) is 4. The highest BCUT2D eigenvalue weighted by molar-refractivity contribution is 5.66. The van der Waals surface area contributed by atoms with Crippen molar-refractivity contribution in [2.24, 2.45) is 5.73 Å². The van der Waals surface area contributed by atoms with E-state index in [4.69, 9.17) is 15.4 Å². The molecule has 0 aliphatic heterocycles. The SMILES string of the molecule is Cc1noc(C(N)CCC(=O)O)c1C. The molecule has 0 radical (unpaired) electrons. The van der Waals surface area contributed by atoms with Crippen LogP contribution in [0.2, 0.25) is 0 Å². The van der Waals surface area contributed by atoms with Crippen molar-refractivity contribution < 1.29 is 14.4 Å². The lowest BCUT2D eigenvalue weighted by atomic mass is 10.1. The van der Waals surface area contributed by atoms with Gasteiger partial charge in [0.1, 0.15) is 0 Å². The summed E-state index contributed by atoms with van der Waals surface area (Å²) in [5, 5.41) is 12.2. The zero-order valence-electron chi connectivity index (χ0n) is 8.28. The molecule has 0 aromatic carbocycles. The number of nitrogens with two attached hydrogens (primary N) is 1. The lowest BCUT2D eigenvalue weighted by Crippen LogP contribution is -2.12. The van der Waals surface area contributed by atoms with Gasteiger partial charge < -0.3 is 15.4 Å². The number of hydrogen-bond donors (Lipinski definition) is 2. The second-order valence-corrected chi connectivity index (χ2v) is 3.30. The van der Waals surface area contributed by atoms with Crippen LogP contribution in [-0.4, -0.2) is 16.2 Å². The molecule has 78 valence electrons. The maximum atomic E-state index is 10.3. The van der Waals surface area contributed by atoms with Gasteiger partial charge in [0.25, 0.3) is 0 Å². The molecule has 1 atom stereocenters. The number of carboxylic acids is 1. The summed E-state index contributed by atoms with van der Waals surface area (Å²) < 4.78 is 5.02. The van der Waals surface area contributed by atoms with Crippen molar-refractivity contribution in [3.8, 4) is 0 Å². The van der Waals surface area contributed by atoms with E-state index in [0.717, 1.165) is 11.3 Å². The van der Waals surface area contributed by atoms with Gasteiger partial charge in [-0.15, -0.1) is 0 Å². The van der Waals surface area contributed by atoms with Crippen LogP contribution in [0, 0.1) is 13.8 Å². The van der Waals surface area contributed by atoms with Crippen molar-refractivity contribution in [1.82, 2.24) is 5.16 Å². The molecule has 14 heavy (non-hydrogen) atoms. The molecular weight excluding hydrogens is 184 g/mol. The van der Waals surface area contributed by atoms with Crippen LogP contribution in [0.3, 0.4) is 0 Å². The topological polar surface area (TPSA) is 89.4 Å². The maximum Gasteiger partial charge on any atom is 0.303 e. The third-order valence-electron chi connectivity index (χ3n) is 2.20. The Hall–Kier alpha value is -1.36. The van der Waals surface area contributed by atoms with Crippen LogP contribution in [-0.2, 0) is 4.79 Å². The van der Waals surface area contributed by atoms with Crippen molar-refractivity contribution >= 4 is 5.97 Å². The Labute approximate surface area is 81.9 Å². The lowest BCUT2D eigenvalue weighted by Gasteiger charge is -2.06. The molecule has 1 aromatic heterocycles. The van der Waals surface area contributed by atoms with E-state index in [2.05, 4.69) is 5.16 Å². The second-order valence-electron chi connectivity index (χ2n) is 3.30. The van der Waals surface area contributed by atoms with Gasteiger partial charge >= 0.3 is 5.97 Å². The number of aryl methyl sites for hydroxylation is 1. The monoisotopic (exact) mass is 198 g/mol. The first-order valence-corrected chi connectivity index (χ1v) is 4.42. The quantitative estimate of drug-likeness (QED) is 0.757. The summed E-state index contributed by atoms with van der Waals surface area (Å²) in [6.07, 6.45) is 0.408. The predicted octanol–water partition coefficient (Wildman–Crippen LogP) is 1.16. The molecule has 5 heteroatoms. The molecule has 5 nitrogen and oxygen atoms in total. The van der Waals surface area contributed by atoms with Crippen LogP contribution >= 0.6 is 0 Å². The molecule has 1 heterocycles. The van der Waals surface area contributed by atoms with Gasteiger partial charge in [-0.25, -0.2) is 0 Å². The highest BCUT2D eigenvalue weighted by Crippen LogP contribution is 2.21. The molecule has 1 rings (SSSR count). The number of carboxylic acid groups (broad SMARTS) is 1. The fourth-order valence-electron chi connectivity index (χ4n) is 1.19. The first-order valence-electron chi connectivity index (χ1n) is 4.42. The van der Waals surface area contributed by atoms with Gasteiger partial charge in [0.05, 0.1) is 11.7 Å². The van der Waals surface area contributed by atoms with Gasteiger partial charge in [-0.2, -0.15) is 0 Å². The molecule has 1 aromatic rings. The van der Waals surface area contributed by atoms with Gasteiger partial charge in [0.2, 0.25) is 0 Å². The van der Waals surface area contributed by atoms with Crippen molar-refractivity contribution in [2.75, 3.05) is 0 Å². The van der Waals surface area contributed by atoms with E-state index in [0.29, 0.717) is 12.2 Å². The third kappa shape index (κ3) is 2.32. The van der Waals surface area contributed by atoms with Gasteiger partial charge in [0.15, 0.2) is 5.76 Å². The summed E-state index contributed by atoms with van der Waals surface area (Å²) in [4.78, 5) is 10.3. The van der Waals surface area contributed by atoms with E-state index in [-0.39, 0.29) is 12.5 Å². The minimum Gasteiger partial charge on any atom is -0.481 e. The second kappa shape index (κ2) is 4.23. The first-order chi connectivity index (χ1) is 6.52. The summed E-state index contributed by atoms with van der Waals surface area (Å²) >= 11 is 0. The summed E-state index contributed by atoms with van der Waals surface area (Å²) in [5.41, 5.74) is 7.46. The number of nitrogens with zero attached hydrogens (tertiary/aromatic N) is 1. The Morgan fingerprint density at radius 1 is 1.64 bits per heavy atom. The van der Waals surface area contributed by atoms with Gasteiger partial charge in [-0.1, -0.05) is 5.16 Å². The number of aliphatic carboxylic acids is 1. The molecule has 0 bridgehead atoms. The zero-order valence-corrected chi connectivity index (χ0v) is 8.28. The summed E-state index contributed by atoms with van der Waals surface area (Å²) in [6.45, 7) is 3.69. The number of carbonyl (C=O) groups is 1. The molecule has 0 aliphatic rings. The van der Waals surface area contributed by atoms with Gasteiger partial charge in [-0.3, -0.25) is 4.79 Å². The van der Waals surface area contributed by atoms with E-state index in [1.165, 1.54) is 0 Å². The Morgan fingerprint density at radius 2 is 2.29 bits per heavy atom. The fourth-order valence-corrected chi connectivity index (χ4v) is 1.19. The van der Waals surface area contributed by atoms with E-state index in [9.17, 15) is 4.79 Å². The molecule has 3 N–H and O–H groups in total. The third-order valence-corrected chi connectivity index (χ3v) is 2.20. The van der Waals surface area contributed by atoms with E-state index in [1.54, 1.807) is 0 Å². The molecule has 0 fully saturated rings. The van der Waals surface area contributed by atoms with Crippen LogP contribution < -0.4 is 5.73 Å². The molecule has 0 spiro atoms. The van der Waals surface area contributed by atoms with Crippen LogP contribution in [0.5, 0.6) is 0 Å². The van der Waals surface area contributed by atoms with E-state index in [1.807, 2.05) is 13.8 Å². The molecule has 0 saturated heterocycles. The Balaban J connectivity index is 2.65. The Morgan fingerprint density at radius 3 is 2.71 bits per heavy atom. The summed E-state index contributed by atoms with van der Waals surface area (Å²) in [7, 11) is 0. The number of rotatable bonds is 4. The fraction of sp³-hybridized carbons (Fsp3) is 0.556. The van der Waals surface area contributed by atoms with Crippen molar-refractivity contribution in [3.63, 3.8) is 0 Å².